The van der Waals surface area contributed by atoms with Gasteiger partial charge < -0.3 is 24.4 Å². The molecule has 3 aromatic heterocycles. The number of furan rings is 1. The summed E-state index contributed by atoms with van der Waals surface area (Å²) < 4.78 is 42.4. The van der Waals surface area contributed by atoms with Crippen LogP contribution in [0.1, 0.15) is 68.4 Å². The maximum Gasteiger partial charge on any atom is 0.297 e. The molecule has 1 saturated heterocycles. The highest BCUT2D eigenvalue weighted by molar-refractivity contribution is 7.90. The molecule has 0 spiro atoms. The number of nitrogens with one attached hydrogen (secondary N) is 3. The number of amides is 2. The van der Waals surface area contributed by atoms with Gasteiger partial charge in [-0.3, -0.25) is 14.3 Å². The summed E-state index contributed by atoms with van der Waals surface area (Å²) in [4.78, 5) is 32.2. The Morgan fingerprint density at radius 3 is 2.36 bits per heavy atom. The highest BCUT2D eigenvalue weighted by atomic mass is 35.5. The number of rotatable bonds is 12. The van der Waals surface area contributed by atoms with Crippen molar-refractivity contribution in [2.75, 3.05) is 33.3 Å². The van der Waals surface area contributed by atoms with E-state index in [9.17, 15) is 18.0 Å². The first-order chi connectivity index (χ1) is 25.1. The van der Waals surface area contributed by atoms with Gasteiger partial charge in [0.2, 0.25) is 5.09 Å². The molecule has 0 atom stereocenters. The fourth-order valence-electron chi connectivity index (χ4n) is 6.96. The number of carbonyl (C=O) groups excluding carboxylic acids is 2. The maximum atomic E-state index is 14.0. The van der Waals surface area contributed by atoms with Gasteiger partial charge in [0.1, 0.15) is 11.4 Å². The fourth-order valence-corrected chi connectivity index (χ4v) is 8.21. The van der Waals surface area contributed by atoms with Crippen molar-refractivity contribution in [3.8, 4) is 16.9 Å². The largest absolute Gasteiger partial charge is 0.494 e. The van der Waals surface area contributed by atoms with Gasteiger partial charge in [0.05, 0.1) is 22.8 Å². The van der Waals surface area contributed by atoms with Crippen molar-refractivity contribution in [2.24, 2.45) is 13.0 Å². The van der Waals surface area contributed by atoms with E-state index in [1.54, 1.807) is 10.7 Å². The van der Waals surface area contributed by atoms with Crippen LogP contribution in [0.25, 0.3) is 22.0 Å². The zero-order chi connectivity index (χ0) is 38.2. The van der Waals surface area contributed by atoms with E-state index in [1.165, 1.54) is 6.07 Å². The van der Waals surface area contributed by atoms with Gasteiger partial charge in [-0.25, -0.2) is 4.72 Å². The number of H-pyrrole nitrogens is 1. The number of aromatic amines is 1. The first-order valence-corrected chi connectivity index (χ1v) is 19.7. The van der Waals surface area contributed by atoms with Crippen LogP contribution in [0.5, 0.6) is 5.75 Å². The Morgan fingerprint density at radius 1 is 1.00 bits per heavy atom. The Balaban J connectivity index is 1.26. The summed E-state index contributed by atoms with van der Waals surface area (Å²) >= 11 is 13.2. The molecule has 0 radical (unpaired) electrons. The fraction of sp³-hybridized carbons (Fsp3) is 0.395. The monoisotopic (exact) mass is 782 g/mol. The Bertz CT molecular complexity index is 2280. The standard InChI is InChI=1S/C38H44Cl2N6O6S/c1-21-18-26(19-22(2)34(21)40)51-17-7-8-27-28-9-10-29(39)33(32-23(3)43-46(6)24(32)4)35(28)42-36(27)38(48)44-53(49,50)31-12-11-30(52-31)37(47)41-20-25-13-15-45(5)16-14-25/h9-12,18-19,25,42H,7-8,13-17,20H2,1-6H3,(H,41,47)(H,44,48). The molecule has 2 aromatic carbocycles. The van der Waals surface area contributed by atoms with E-state index in [1.807, 2.05) is 52.9 Å². The van der Waals surface area contributed by atoms with Crippen LogP contribution in [-0.4, -0.2) is 73.2 Å². The van der Waals surface area contributed by atoms with Crippen LogP contribution in [0, 0.1) is 33.6 Å². The number of fused-ring (bicyclic) bond motifs is 1. The van der Waals surface area contributed by atoms with Gasteiger partial charge in [0, 0.05) is 40.8 Å². The summed E-state index contributed by atoms with van der Waals surface area (Å²) in [5.41, 5.74) is 6.09. The SMILES string of the molecule is Cc1cc(OCCCc2c(C(=O)NS(=O)(=O)c3ccc(C(=O)NCC4CCN(C)CC4)o3)[nH]c3c(-c4c(C)nn(C)c4C)c(Cl)ccc23)cc(C)c1Cl. The highest BCUT2D eigenvalue weighted by Gasteiger charge is 2.29. The second-order valence-electron chi connectivity index (χ2n) is 13.8. The number of piperidine rings is 1. The quantitative estimate of drug-likeness (QED) is 0.116. The number of hydrogen-bond acceptors (Lipinski definition) is 8. The van der Waals surface area contributed by atoms with Crippen molar-refractivity contribution < 1.29 is 27.2 Å². The summed E-state index contributed by atoms with van der Waals surface area (Å²) in [7, 11) is -0.612. The second-order valence-corrected chi connectivity index (χ2v) is 16.2. The molecule has 0 aliphatic carbocycles. The van der Waals surface area contributed by atoms with Gasteiger partial charge in [0.25, 0.3) is 21.8 Å². The predicted molar refractivity (Wildman–Crippen MR) is 206 cm³/mol. The van der Waals surface area contributed by atoms with E-state index < -0.39 is 26.9 Å². The minimum atomic E-state index is -4.52. The Hall–Kier alpha value is -4.30. The van der Waals surface area contributed by atoms with Gasteiger partial charge in [-0.1, -0.05) is 29.3 Å². The molecule has 0 saturated carbocycles. The minimum Gasteiger partial charge on any atom is -0.494 e. The van der Waals surface area contributed by atoms with Crippen molar-refractivity contribution in [2.45, 2.75) is 58.5 Å². The molecule has 0 unspecified atom stereocenters. The van der Waals surface area contributed by atoms with Crippen LogP contribution in [-0.2, 0) is 23.5 Å². The lowest BCUT2D eigenvalue weighted by molar-refractivity contribution is 0.0906. The molecule has 1 fully saturated rings. The molecule has 53 heavy (non-hydrogen) atoms. The molecule has 3 N–H and O–H groups in total. The van der Waals surface area contributed by atoms with Crippen LogP contribution in [0.2, 0.25) is 10.0 Å². The van der Waals surface area contributed by atoms with Crippen LogP contribution in [0.3, 0.4) is 0 Å². The lowest BCUT2D eigenvalue weighted by Crippen LogP contribution is -2.36. The molecule has 0 bridgehead atoms. The van der Waals surface area contributed by atoms with E-state index in [-0.39, 0.29) is 11.5 Å². The van der Waals surface area contributed by atoms with Gasteiger partial charge in [0.15, 0.2) is 5.76 Å². The first-order valence-electron chi connectivity index (χ1n) is 17.5. The van der Waals surface area contributed by atoms with Gasteiger partial charge >= 0.3 is 0 Å². The lowest BCUT2D eigenvalue weighted by Gasteiger charge is -2.28. The first kappa shape index (κ1) is 38.4. The number of aryl methyl sites for hydroxylation is 5. The molecule has 5 aromatic rings. The number of hydrogen-bond donors (Lipinski definition) is 3. The number of ether oxygens (including phenoxy) is 1. The molecular weight excluding hydrogens is 739 g/mol. The average Bonchev–Trinajstić information content (AvgIpc) is 3.82. The topological polar surface area (TPSA) is 152 Å². The van der Waals surface area contributed by atoms with Crippen molar-refractivity contribution in [1.29, 1.82) is 0 Å². The van der Waals surface area contributed by atoms with E-state index in [2.05, 4.69) is 32.1 Å². The van der Waals surface area contributed by atoms with Gasteiger partial charge in [-0.05, 0) is 126 Å². The van der Waals surface area contributed by atoms with E-state index >= 15 is 0 Å². The third-order valence-electron chi connectivity index (χ3n) is 9.95. The summed E-state index contributed by atoms with van der Waals surface area (Å²) in [5.74, 6) is -0.572. The van der Waals surface area contributed by atoms with Crippen molar-refractivity contribution in [1.82, 2.24) is 29.7 Å². The summed E-state index contributed by atoms with van der Waals surface area (Å²) in [6.07, 6.45) is 2.78. The van der Waals surface area contributed by atoms with Crippen LogP contribution in [0.4, 0.5) is 0 Å². The minimum absolute atomic E-state index is 0.0483. The normalized spacial score (nSPS) is 14.2. The Kier molecular flexibility index (Phi) is 11.3. The number of halogens is 2. The van der Waals surface area contributed by atoms with Crippen molar-refractivity contribution >= 4 is 55.9 Å². The number of aromatic nitrogens is 3. The number of nitrogens with zero attached hydrogens (tertiary/aromatic N) is 3. The van der Waals surface area contributed by atoms with E-state index in [0.717, 1.165) is 60.1 Å². The van der Waals surface area contributed by atoms with Crippen molar-refractivity contribution in [3.63, 3.8) is 0 Å². The number of sulfonamides is 1. The predicted octanol–water partition coefficient (Wildman–Crippen LogP) is 6.90. The maximum absolute atomic E-state index is 14.0. The zero-order valence-corrected chi connectivity index (χ0v) is 33.0. The lowest BCUT2D eigenvalue weighted by atomic mass is 9.97. The summed E-state index contributed by atoms with van der Waals surface area (Å²) in [6, 6.07) is 9.77. The molecule has 4 heterocycles. The third-order valence-corrected chi connectivity index (χ3v) is 12.1. The smallest absolute Gasteiger partial charge is 0.297 e. The van der Waals surface area contributed by atoms with E-state index in [0.29, 0.717) is 69.7 Å². The molecule has 1 aliphatic rings. The number of likely N-dealkylation sites (tertiary alicyclic amines) is 1. The molecule has 12 nitrogen and oxygen atoms in total. The van der Waals surface area contributed by atoms with Gasteiger partial charge in [-0.2, -0.15) is 13.5 Å². The molecule has 6 rings (SSSR count). The molecule has 1 aliphatic heterocycles. The van der Waals surface area contributed by atoms with E-state index in [4.69, 9.17) is 32.4 Å². The molecule has 15 heteroatoms. The average molecular weight is 784 g/mol. The van der Waals surface area contributed by atoms with Gasteiger partial charge in [-0.15, -0.1) is 0 Å². The van der Waals surface area contributed by atoms with Crippen LogP contribution >= 0.6 is 23.2 Å². The van der Waals surface area contributed by atoms with Crippen LogP contribution < -0.4 is 14.8 Å². The third kappa shape index (κ3) is 8.13. The zero-order valence-electron chi connectivity index (χ0n) is 30.7. The molecule has 282 valence electrons. The van der Waals surface area contributed by atoms with Crippen molar-refractivity contribution in [3.05, 3.63) is 86.0 Å². The highest BCUT2D eigenvalue weighted by Crippen LogP contribution is 2.40. The van der Waals surface area contributed by atoms with Crippen LogP contribution in [0.15, 0.2) is 45.9 Å². The summed E-state index contributed by atoms with van der Waals surface area (Å²) in [6.45, 7) is 10.3. The molecular formula is C38H44Cl2N6O6S. The second kappa shape index (κ2) is 15.6. The Labute approximate surface area is 319 Å². The number of benzene rings is 2. The summed E-state index contributed by atoms with van der Waals surface area (Å²) in [5, 5.41) is 8.68. The number of carbonyl (C=O) groups is 2. The molecule has 2 amide bonds. The Morgan fingerprint density at radius 2 is 1.70 bits per heavy atom.